The summed E-state index contributed by atoms with van der Waals surface area (Å²) < 4.78 is 0. The third kappa shape index (κ3) is 4.98. The summed E-state index contributed by atoms with van der Waals surface area (Å²) in [4.78, 5) is 2.29. The standard InChI is InChI=1S/C13H28N2/c1-14-13(10-11-15(2)3)12-8-6-4-5-7-9-12/h12-14H,4-11H2,1-3H3. The zero-order valence-corrected chi connectivity index (χ0v) is 10.8. The molecule has 90 valence electrons. The summed E-state index contributed by atoms with van der Waals surface area (Å²) in [6.07, 6.45) is 10.0. The Balaban J connectivity index is 2.34. The molecule has 1 atom stereocenters. The van der Waals surface area contributed by atoms with Crippen LogP contribution in [0.1, 0.15) is 44.9 Å². The largest absolute Gasteiger partial charge is 0.317 e. The van der Waals surface area contributed by atoms with Crippen LogP contribution in [0.15, 0.2) is 0 Å². The molecule has 0 bridgehead atoms. The van der Waals surface area contributed by atoms with Crippen molar-refractivity contribution in [3.05, 3.63) is 0 Å². The minimum atomic E-state index is 0.741. The molecule has 1 saturated carbocycles. The van der Waals surface area contributed by atoms with Crippen LogP contribution in [-0.4, -0.2) is 38.6 Å². The number of hydrogen-bond acceptors (Lipinski definition) is 2. The van der Waals surface area contributed by atoms with E-state index in [-0.39, 0.29) is 0 Å². The molecule has 0 aromatic heterocycles. The smallest absolute Gasteiger partial charge is 0.0104 e. The van der Waals surface area contributed by atoms with Crippen molar-refractivity contribution >= 4 is 0 Å². The molecule has 1 fully saturated rings. The average molecular weight is 212 g/mol. The van der Waals surface area contributed by atoms with Crippen molar-refractivity contribution in [3.8, 4) is 0 Å². The topological polar surface area (TPSA) is 15.3 Å². The average Bonchev–Trinajstić information content (AvgIpc) is 2.47. The molecular weight excluding hydrogens is 184 g/mol. The van der Waals surface area contributed by atoms with Crippen LogP contribution in [0.25, 0.3) is 0 Å². The van der Waals surface area contributed by atoms with Gasteiger partial charge >= 0.3 is 0 Å². The van der Waals surface area contributed by atoms with Gasteiger partial charge in [-0.25, -0.2) is 0 Å². The van der Waals surface area contributed by atoms with Crippen molar-refractivity contribution in [1.82, 2.24) is 10.2 Å². The van der Waals surface area contributed by atoms with Crippen molar-refractivity contribution in [2.75, 3.05) is 27.7 Å². The van der Waals surface area contributed by atoms with Crippen LogP contribution < -0.4 is 5.32 Å². The molecule has 1 unspecified atom stereocenters. The second-order valence-corrected chi connectivity index (χ2v) is 5.24. The predicted octanol–water partition coefficient (Wildman–Crippen LogP) is 2.50. The van der Waals surface area contributed by atoms with Gasteiger partial charge in [-0.05, 0) is 52.9 Å². The lowest BCUT2D eigenvalue weighted by molar-refractivity contribution is 0.283. The minimum Gasteiger partial charge on any atom is -0.317 e. The molecular formula is C13H28N2. The lowest BCUT2D eigenvalue weighted by Gasteiger charge is -2.27. The fourth-order valence-electron chi connectivity index (χ4n) is 2.73. The Morgan fingerprint density at radius 1 is 1.13 bits per heavy atom. The Morgan fingerprint density at radius 2 is 1.73 bits per heavy atom. The van der Waals surface area contributed by atoms with E-state index in [1.165, 1.54) is 51.5 Å². The van der Waals surface area contributed by atoms with Gasteiger partial charge in [-0.3, -0.25) is 0 Å². The van der Waals surface area contributed by atoms with Crippen LogP contribution in [0.3, 0.4) is 0 Å². The summed E-state index contributed by atoms with van der Waals surface area (Å²) in [6.45, 7) is 1.21. The van der Waals surface area contributed by atoms with Gasteiger partial charge in [0.05, 0.1) is 0 Å². The summed E-state index contributed by atoms with van der Waals surface area (Å²) >= 11 is 0. The normalized spacial score (nSPS) is 21.6. The van der Waals surface area contributed by atoms with Gasteiger partial charge in [-0.15, -0.1) is 0 Å². The van der Waals surface area contributed by atoms with Crippen molar-refractivity contribution in [1.29, 1.82) is 0 Å². The third-order valence-electron chi connectivity index (χ3n) is 3.73. The lowest BCUT2D eigenvalue weighted by Crippen LogP contribution is -2.36. The van der Waals surface area contributed by atoms with Crippen molar-refractivity contribution in [2.24, 2.45) is 5.92 Å². The van der Waals surface area contributed by atoms with E-state index in [2.05, 4.69) is 31.4 Å². The SMILES string of the molecule is CNC(CCN(C)C)C1CCCCCC1. The van der Waals surface area contributed by atoms with Gasteiger partial charge in [0.15, 0.2) is 0 Å². The van der Waals surface area contributed by atoms with Gasteiger partial charge in [0.1, 0.15) is 0 Å². The molecule has 15 heavy (non-hydrogen) atoms. The van der Waals surface area contributed by atoms with Gasteiger partial charge in [0.2, 0.25) is 0 Å². The summed E-state index contributed by atoms with van der Waals surface area (Å²) in [5.41, 5.74) is 0. The van der Waals surface area contributed by atoms with Crippen LogP contribution in [0.4, 0.5) is 0 Å². The first-order chi connectivity index (χ1) is 7.24. The molecule has 0 amide bonds. The second kappa shape index (κ2) is 7.24. The van der Waals surface area contributed by atoms with E-state index < -0.39 is 0 Å². The highest BCUT2D eigenvalue weighted by atomic mass is 15.1. The molecule has 0 aromatic carbocycles. The van der Waals surface area contributed by atoms with E-state index in [0.717, 1.165) is 12.0 Å². The van der Waals surface area contributed by atoms with Crippen molar-refractivity contribution in [3.63, 3.8) is 0 Å². The van der Waals surface area contributed by atoms with Crippen LogP contribution in [-0.2, 0) is 0 Å². The van der Waals surface area contributed by atoms with Crippen LogP contribution in [0.2, 0.25) is 0 Å². The highest BCUT2D eigenvalue weighted by molar-refractivity contribution is 4.78. The fourth-order valence-corrected chi connectivity index (χ4v) is 2.73. The van der Waals surface area contributed by atoms with Gasteiger partial charge in [0, 0.05) is 6.04 Å². The van der Waals surface area contributed by atoms with E-state index in [1.807, 2.05) is 0 Å². The lowest BCUT2D eigenvalue weighted by atomic mass is 9.90. The number of nitrogens with zero attached hydrogens (tertiary/aromatic N) is 1. The van der Waals surface area contributed by atoms with E-state index in [9.17, 15) is 0 Å². The van der Waals surface area contributed by atoms with E-state index in [4.69, 9.17) is 0 Å². The summed E-state index contributed by atoms with van der Waals surface area (Å²) in [7, 11) is 6.46. The number of rotatable bonds is 5. The highest BCUT2D eigenvalue weighted by Gasteiger charge is 2.20. The van der Waals surface area contributed by atoms with Gasteiger partial charge in [0.25, 0.3) is 0 Å². The maximum Gasteiger partial charge on any atom is 0.0104 e. The fraction of sp³-hybridized carbons (Fsp3) is 1.00. The molecule has 1 aliphatic carbocycles. The maximum atomic E-state index is 3.53. The van der Waals surface area contributed by atoms with Crippen LogP contribution in [0, 0.1) is 5.92 Å². The van der Waals surface area contributed by atoms with Crippen molar-refractivity contribution in [2.45, 2.75) is 51.0 Å². The Bertz CT molecular complexity index is 149. The quantitative estimate of drug-likeness (QED) is 0.704. The molecule has 0 aromatic rings. The highest BCUT2D eigenvalue weighted by Crippen LogP contribution is 2.26. The molecule has 2 heteroatoms. The van der Waals surface area contributed by atoms with Gasteiger partial charge < -0.3 is 10.2 Å². The van der Waals surface area contributed by atoms with Crippen molar-refractivity contribution < 1.29 is 0 Å². The zero-order chi connectivity index (χ0) is 11.1. The Kier molecular flexibility index (Phi) is 6.26. The Labute approximate surface area is 95.4 Å². The predicted molar refractivity (Wildman–Crippen MR) is 67.2 cm³/mol. The van der Waals surface area contributed by atoms with E-state index in [0.29, 0.717) is 0 Å². The van der Waals surface area contributed by atoms with E-state index >= 15 is 0 Å². The third-order valence-corrected chi connectivity index (χ3v) is 3.73. The first kappa shape index (κ1) is 13.0. The summed E-state index contributed by atoms with van der Waals surface area (Å²) in [5.74, 6) is 0.928. The molecule has 0 radical (unpaired) electrons. The molecule has 2 nitrogen and oxygen atoms in total. The number of nitrogens with one attached hydrogen (secondary N) is 1. The molecule has 1 rings (SSSR count). The maximum absolute atomic E-state index is 3.53. The van der Waals surface area contributed by atoms with Crippen LogP contribution in [0.5, 0.6) is 0 Å². The summed E-state index contributed by atoms with van der Waals surface area (Å²) in [6, 6.07) is 0.741. The first-order valence-electron chi connectivity index (χ1n) is 6.56. The van der Waals surface area contributed by atoms with Gasteiger partial charge in [-0.1, -0.05) is 25.7 Å². The van der Waals surface area contributed by atoms with E-state index in [1.54, 1.807) is 0 Å². The molecule has 0 aliphatic heterocycles. The summed E-state index contributed by atoms with van der Waals surface area (Å²) in [5, 5.41) is 3.53. The number of hydrogen-bond donors (Lipinski definition) is 1. The molecule has 0 spiro atoms. The zero-order valence-electron chi connectivity index (χ0n) is 10.8. The molecule has 0 heterocycles. The first-order valence-corrected chi connectivity index (χ1v) is 6.56. The molecule has 1 N–H and O–H groups in total. The van der Waals surface area contributed by atoms with Gasteiger partial charge in [-0.2, -0.15) is 0 Å². The second-order valence-electron chi connectivity index (χ2n) is 5.24. The Morgan fingerprint density at radius 3 is 2.20 bits per heavy atom. The van der Waals surface area contributed by atoms with Crippen LogP contribution >= 0.6 is 0 Å². The monoisotopic (exact) mass is 212 g/mol. The molecule has 1 aliphatic rings. The molecule has 0 saturated heterocycles. The Hall–Kier alpha value is -0.0800. The minimum absolute atomic E-state index is 0.741.